The zero-order valence-corrected chi connectivity index (χ0v) is 20.3. The van der Waals surface area contributed by atoms with E-state index in [4.69, 9.17) is 9.47 Å². The van der Waals surface area contributed by atoms with E-state index in [1.54, 1.807) is 0 Å². The summed E-state index contributed by atoms with van der Waals surface area (Å²) in [6.45, 7) is 4.43. The fourth-order valence-electron chi connectivity index (χ4n) is 4.22. The largest absolute Gasteiger partial charge is 0.485 e. The summed E-state index contributed by atoms with van der Waals surface area (Å²) in [5.41, 5.74) is 2.01. The van der Waals surface area contributed by atoms with Crippen LogP contribution in [-0.2, 0) is 11.8 Å². The second-order valence-electron chi connectivity index (χ2n) is 8.61. The fraction of sp³-hybridized carbons (Fsp3) is 0.400. The molecule has 178 valence electrons. The van der Waals surface area contributed by atoms with Crippen LogP contribution in [0.25, 0.3) is 0 Å². The number of carbonyl (C=O) groups excluding carboxylic acids is 1. The van der Waals surface area contributed by atoms with Gasteiger partial charge in [0.2, 0.25) is 5.91 Å². The van der Waals surface area contributed by atoms with Crippen LogP contribution in [0, 0.1) is 0 Å². The number of carbonyl (C=O) groups is 1. The zero-order valence-electron chi connectivity index (χ0n) is 19.4. The third kappa shape index (κ3) is 4.84. The highest BCUT2D eigenvalue weighted by molar-refractivity contribution is 8.00. The van der Waals surface area contributed by atoms with Crippen molar-refractivity contribution in [1.82, 2.24) is 14.8 Å². The maximum Gasteiger partial charge on any atom is 0.237 e. The topological polar surface area (TPSA) is 81.5 Å². The Bertz CT molecular complexity index is 1140. The van der Waals surface area contributed by atoms with Gasteiger partial charge in [0.05, 0.1) is 5.25 Å². The molecular weight excluding hydrogens is 450 g/mol. The van der Waals surface area contributed by atoms with Crippen LogP contribution in [0.2, 0.25) is 0 Å². The minimum atomic E-state index is -0.357. The van der Waals surface area contributed by atoms with Gasteiger partial charge in [-0.3, -0.25) is 4.79 Å². The van der Waals surface area contributed by atoms with E-state index in [1.807, 2.05) is 54.9 Å². The summed E-state index contributed by atoms with van der Waals surface area (Å²) < 4.78 is 13.7. The van der Waals surface area contributed by atoms with E-state index in [0.29, 0.717) is 23.3 Å². The molecule has 0 radical (unpaired) electrons. The minimum absolute atomic E-state index is 0.0774. The van der Waals surface area contributed by atoms with Gasteiger partial charge in [-0.25, -0.2) is 0 Å². The Labute approximate surface area is 203 Å². The number of anilines is 2. The number of hydrogen-bond donors (Lipinski definition) is 1. The molecule has 0 aliphatic carbocycles. The first kappa shape index (κ1) is 22.6. The average Bonchev–Trinajstić information content (AvgIpc) is 3.24. The summed E-state index contributed by atoms with van der Waals surface area (Å²) >= 11 is 1.37. The third-order valence-corrected chi connectivity index (χ3v) is 7.31. The summed E-state index contributed by atoms with van der Waals surface area (Å²) in [6.07, 6.45) is 3.43. The highest BCUT2D eigenvalue weighted by atomic mass is 32.2. The van der Waals surface area contributed by atoms with Crippen molar-refractivity contribution < 1.29 is 14.3 Å². The van der Waals surface area contributed by atoms with Gasteiger partial charge in [0.25, 0.3) is 0 Å². The first-order valence-electron chi connectivity index (χ1n) is 11.7. The number of nitrogens with one attached hydrogen (secondary N) is 1. The number of para-hydroxylation sites is 2. The van der Waals surface area contributed by atoms with Crippen molar-refractivity contribution >= 4 is 29.0 Å². The molecule has 2 aliphatic heterocycles. The van der Waals surface area contributed by atoms with Gasteiger partial charge in [0.15, 0.2) is 28.6 Å². The maximum atomic E-state index is 12.8. The Balaban J connectivity index is 1.19. The number of ether oxygens (including phenoxy) is 2. The zero-order chi connectivity index (χ0) is 23.5. The van der Waals surface area contributed by atoms with E-state index in [1.165, 1.54) is 36.7 Å². The normalized spacial score (nSPS) is 18.4. The molecule has 1 fully saturated rings. The second-order valence-corrected chi connectivity index (χ2v) is 9.92. The molecule has 3 aromatic rings. The molecule has 0 saturated carbocycles. The van der Waals surface area contributed by atoms with Crippen LogP contribution in [0.3, 0.4) is 0 Å². The Morgan fingerprint density at radius 1 is 1.06 bits per heavy atom. The Hall–Kier alpha value is -3.20. The average molecular weight is 480 g/mol. The van der Waals surface area contributed by atoms with Gasteiger partial charge in [0.1, 0.15) is 6.61 Å². The summed E-state index contributed by atoms with van der Waals surface area (Å²) in [5.74, 6) is 2.00. The van der Waals surface area contributed by atoms with Crippen LogP contribution >= 0.6 is 11.8 Å². The van der Waals surface area contributed by atoms with E-state index in [2.05, 4.69) is 32.5 Å². The van der Waals surface area contributed by atoms with Crippen LogP contribution in [-0.4, -0.2) is 45.6 Å². The van der Waals surface area contributed by atoms with Crippen molar-refractivity contribution in [2.75, 3.05) is 29.9 Å². The van der Waals surface area contributed by atoms with E-state index in [9.17, 15) is 4.79 Å². The molecule has 1 aromatic heterocycles. The summed E-state index contributed by atoms with van der Waals surface area (Å²) in [5, 5.41) is 11.9. The number of benzene rings is 2. The molecule has 1 N–H and O–H groups in total. The van der Waals surface area contributed by atoms with Crippen LogP contribution in [0.15, 0.2) is 53.7 Å². The number of piperidine rings is 1. The van der Waals surface area contributed by atoms with Gasteiger partial charge in [-0.1, -0.05) is 23.9 Å². The van der Waals surface area contributed by atoms with Crippen molar-refractivity contribution in [3.8, 4) is 11.5 Å². The van der Waals surface area contributed by atoms with Crippen molar-refractivity contribution in [3.05, 3.63) is 54.4 Å². The predicted molar refractivity (Wildman–Crippen MR) is 133 cm³/mol. The second kappa shape index (κ2) is 9.97. The highest BCUT2D eigenvalue weighted by Gasteiger charge is 2.28. The number of hydrogen-bond acceptors (Lipinski definition) is 7. The highest BCUT2D eigenvalue weighted by Crippen LogP contribution is 2.36. The van der Waals surface area contributed by atoms with E-state index < -0.39 is 0 Å². The third-order valence-electron chi connectivity index (χ3n) is 6.17. The lowest BCUT2D eigenvalue weighted by atomic mass is 10.1. The molecule has 0 spiro atoms. The molecule has 1 saturated heterocycles. The van der Waals surface area contributed by atoms with Gasteiger partial charge in [-0.15, -0.1) is 10.2 Å². The van der Waals surface area contributed by atoms with Crippen molar-refractivity contribution in [2.24, 2.45) is 7.05 Å². The SMILES string of the molecule is CC(Sc1nnc(C2COc3ccccc3O2)n1C)C(=O)Nc1ccc(N2CCCCC2)cc1. The lowest BCUT2D eigenvalue weighted by Gasteiger charge is -2.28. The van der Waals surface area contributed by atoms with Crippen LogP contribution < -0.4 is 19.7 Å². The van der Waals surface area contributed by atoms with Gasteiger partial charge >= 0.3 is 0 Å². The summed E-state index contributed by atoms with van der Waals surface area (Å²) in [4.78, 5) is 15.2. The van der Waals surface area contributed by atoms with E-state index in [-0.39, 0.29) is 17.3 Å². The molecule has 0 bridgehead atoms. The lowest BCUT2D eigenvalue weighted by molar-refractivity contribution is -0.115. The minimum Gasteiger partial charge on any atom is -0.485 e. The lowest BCUT2D eigenvalue weighted by Crippen LogP contribution is -2.29. The standard InChI is InChI=1S/C25H29N5O3S/c1-17(24(31)26-18-10-12-19(13-11-18)30-14-6-3-7-15-30)34-25-28-27-23(29(25)2)22-16-32-20-8-4-5-9-21(20)33-22/h4-5,8-13,17,22H,3,6-7,14-16H2,1-2H3,(H,26,31). The molecule has 3 heterocycles. The van der Waals surface area contributed by atoms with Gasteiger partial charge in [-0.2, -0.15) is 0 Å². The molecule has 2 atom stereocenters. The van der Waals surface area contributed by atoms with Gasteiger partial charge in [0, 0.05) is 31.5 Å². The molecule has 2 aliphatic rings. The predicted octanol–water partition coefficient (Wildman–Crippen LogP) is 4.44. The quantitative estimate of drug-likeness (QED) is 0.524. The van der Waals surface area contributed by atoms with Crippen LogP contribution in [0.1, 0.15) is 38.1 Å². The van der Waals surface area contributed by atoms with Crippen molar-refractivity contribution in [1.29, 1.82) is 0 Å². The number of rotatable bonds is 6. The molecule has 5 rings (SSSR count). The smallest absolute Gasteiger partial charge is 0.237 e. The van der Waals surface area contributed by atoms with Crippen LogP contribution in [0.5, 0.6) is 11.5 Å². The maximum absolute atomic E-state index is 12.8. The van der Waals surface area contributed by atoms with E-state index >= 15 is 0 Å². The van der Waals surface area contributed by atoms with E-state index in [0.717, 1.165) is 24.5 Å². The first-order chi connectivity index (χ1) is 16.6. The molecule has 8 nitrogen and oxygen atoms in total. The van der Waals surface area contributed by atoms with Crippen molar-refractivity contribution in [2.45, 2.75) is 42.7 Å². The van der Waals surface area contributed by atoms with Crippen LogP contribution in [0.4, 0.5) is 11.4 Å². The molecular formula is C25H29N5O3S. The molecule has 2 aromatic carbocycles. The molecule has 9 heteroatoms. The Morgan fingerprint density at radius 2 is 1.79 bits per heavy atom. The molecule has 34 heavy (non-hydrogen) atoms. The number of thioether (sulfide) groups is 1. The Morgan fingerprint density at radius 3 is 2.56 bits per heavy atom. The number of nitrogens with zero attached hydrogens (tertiary/aromatic N) is 4. The van der Waals surface area contributed by atoms with Crippen molar-refractivity contribution in [3.63, 3.8) is 0 Å². The first-order valence-corrected chi connectivity index (χ1v) is 12.6. The fourth-order valence-corrected chi connectivity index (χ4v) is 5.04. The number of aromatic nitrogens is 3. The van der Waals surface area contributed by atoms with Gasteiger partial charge < -0.3 is 24.3 Å². The number of fused-ring (bicyclic) bond motifs is 1. The van der Waals surface area contributed by atoms with Gasteiger partial charge in [-0.05, 0) is 62.6 Å². The monoisotopic (exact) mass is 479 g/mol. The number of amides is 1. The Kier molecular flexibility index (Phi) is 6.62. The molecule has 1 amide bonds. The molecule has 2 unspecified atom stereocenters. The summed E-state index contributed by atoms with van der Waals surface area (Å²) in [7, 11) is 1.88. The summed E-state index contributed by atoms with van der Waals surface area (Å²) in [6, 6.07) is 15.7.